The summed E-state index contributed by atoms with van der Waals surface area (Å²) in [4.78, 5) is 15.0. The normalized spacial score (nSPS) is 11.2. The zero-order valence-electron chi connectivity index (χ0n) is 9.05. The van der Waals surface area contributed by atoms with E-state index in [0.717, 1.165) is 13.2 Å². The fourth-order valence-corrected chi connectivity index (χ4v) is 1.72. The smallest absolute Gasteiger partial charge is 0.464 e. The van der Waals surface area contributed by atoms with Gasteiger partial charge in [-0.05, 0) is 28.7 Å². The van der Waals surface area contributed by atoms with E-state index in [4.69, 9.17) is 5.73 Å². The molecule has 1 aromatic rings. The molecule has 0 spiro atoms. The van der Waals surface area contributed by atoms with Crippen LogP contribution in [-0.4, -0.2) is 24.4 Å². The Balaban J connectivity index is 3.30. The molecule has 0 atom stereocenters. The second-order valence-corrected chi connectivity index (χ2v) is 4.05. The number of carbonyl (C=O) groups is 1. The third kappa shape index (κ3) is 3.70. The SMILES string of the molecule is COC(=O)c1nc(I)c(CN)cc1OC(F)(F)F. The van der Waals surface area contributed by atoms with Crippen molar-refractivity contribution in [3.63, 3.8) is 0 Å². The topological polar surface area (TPSA) is 74.4 Å². The van der Waals surface area contributed by atoms with Gasteiger partial charge in [-0.2, -0.15) is 0 Å². The van der Waals surface area contributed by atoms with Crippen molar-refractivity contribution in [2.75, 3.05) is 7.11 Å². The number of ether oxygens (including phenoxy) is 2. The van der Waals surface area contributed by atoms with Gasteiger partial charge in [0.05, 0.1) is 7.11 Å². The molecular formula is C9H8F3IN2O3. The highest BCUT2D eigenvalue weighted by atomic mass is 127. The lowest BCUT2D eigenvalue weighted by molar-refractivity contribution is -0.274. The van der Waals surface area contributed by atoms with Gasteiger partial charge >= 0.3 is 12.3 Å². The van der Waals surface area contributed by atoms with Crippen molar-refractivity contribution in [3.8, 4) is 5.75 Å². The molecule has 100 valence electrons. The van der Waals surface area contributed by atoms with Gasteiger partial charge in [0.15, 0.2) is 11.4 Å². The van der Waals surface area contributed by atoms with Crippen LogP contribution in [0.25, 0.3) is 0 Å². The first-order valence-electron chi connectivity index (χ1n) is 4.52. The highest BCUT2D eigenvalue weighted by Gasteiger charge is 2.34. The number of nitrogens with zero attached hydrogens (tertiary/aromatic N) is 1. The summed E-state index contributed by atoms with van der Waals surface area (Å²) in [5.74, 6) is -1.74. The number of pyridine rings is 1. The van der Waals surface area contributed by atoms with Gasteiger partial charge in [0, 0.05) is 12.1 Å². The van der Waals surface area contributed by atoms with Crippen molar-refractivity contribution in [2.45, 2.75) is 12.9 Å². The van der Waals surface area contributed by atoms with Crippen molar-refractivity contribution in [2.24, 2.45) is 5.73 Å². The Bertz CT molecular complexity index is 465. The number of carbonyl (C=O) groups excluding carboxylic acids is 1. The molecule has 0 fully saturated rings. The lowest BCUT2D eigenvalue weighted by atomic mass is 10.2. The fourth-order valence-electron chi connectivity index (χ4n) is 1.10. The zero-order chi connectivity index (χ0) is 13.9. The summed E-state index contributed by atoms with van der Waals surface area (Å²) in [5.41, 5.74) is 5.13. The van der Waals surface area contributed by atoms with E-state index in [1.807, 2.05) is 0 Å². The summed E-state index contributed by atoms with van der Waals surface area (Å²) in [6.07, 6.45) is -4.93. The maximum Gasteiger partial charge on any atom is 0.573 e. The van der Waals surface area contributed by atoms with Crippen LogP contribution in [0.1, 0.15) is 16.1 Å². The molecule has 1 aromatic heterocycles. The van der Waals surface area contributed by atoms with Crippen LogP contribution >= 0.6 is 22.6 Å². The number of esters is 1. The van der Waals surface area contributed by atoms with E-state index in [1.54, 1.807) is 22.6 Å². The Hall–Kier alpha value is -1.10. The van der Waals surface area contributed by atoms with Gasteiger partial charge < -0.3 is 15.2 Å². The number of aromatic nitrogens is 1. The molecule has 0 aliphatic heterocycles. The quantitative estimate of drug-likeness (QED) is 0.495. The second-order valence-electron chi connectivity index (χ2n) is 3.03. The molecule has 9 heteroatoms. The molecular weight excluding hydrogens is 368 g/mol. The number of hydrogen-bond acceptors (Lipinski definition) is 5. The van der Waals surface area contributed by atoms with E-state index in [-0.39, 0.29) is 6.54 Å². The average molecular weight is 376 g/mol. The van der Waals surface area contributed by atoms with E-state index in [2.05, 4.69) is 14.5 Å². The molecule has 0 radical (unpaired) electrons. The van der Waals surface area contributed by atoms with E-state index < -0.39 is 23.8 Å². The Morgan fingerprint density at radius 3 is 2.61 bits per heavy atom. The highest BCUT2D eigenvalue weighted by Crippen LogP contribution is 2.28. The highest BCUT2D eigenvalue weighted by molar-refractivity contribution is 14.1. The summed E-state index contributed by atoms with van der Waals surface area (Å²) in [6, 6.07) is 1.02. The third-order valence-electron chi connectivity index (χ3n) is 1.84. The van der Waals surface area contributed by atoms with E-state index >= 15 is 0 Å². The second kappa shape index (κ2) is 5.69. The molecule has 0 bridgehead atoms. The molecule has 1 rings (SSSR count). The third-order valence-corrected chi connectivity index (χ3v) is 2.77. The number of halogens is 4. The maximum atomic E-state index is 12.2. The first kappa shape index (κ1) is 15.0. The van der Waals surface area contributed by atoms with Crippen LogP contribution in [0.2, 0.25) is 0 Å². The van der Waals surface area contributed by atoms with E-state index in [9.17, 15) is 18.0 Å². The Morgan fingerprint density at radius 2 is 2.17 bits per heavy atom. The van der Waals surface area contributed by atoms with Crippen LogP contribution in [0.15, 0.2) is 6.07 Å². The molecule has 0 aliphatic carbocycles. The molecule has 18 heavy (non-hydrogen) atoms. The Kier molecular flexibility index (Phi) is 4.73. The van der Waals surface area contributed by atoms with Gasteiger partial charge in [0.2, 0.25) is 0 Å². The molecule has 0 aromatic carbocycles. The van der Waals surface area contributed by atoms with Crippen LogP contribution in [0.4, 0.5) is 13.2 Å². The van der Waals surface area contributed by atoms with Crippen molar-refractivity contribution in [3.05, 3.63) is 21.0 Å². The largest absolute Gasteiger partial charge is 0.573 e. The predicted octanol–water partition coefficient (Wildman–Crippen LogP) is 1.83. The molecule has 1 heterocycles. The van der Waals surface area contributed by atoms with Gasteiger partial charge in [-0.25, -0.2) is 9.78 Å². The summed E-state index contributed by atoms with van der Waals surface area (Å²) in [7, 11) is 1.03. The van der Waals surface area contributed by atoms with Gasteiger partial charge in [0.1, 0.15) is 3.70 Å². The van der Waals surface area contributed by atoms with Gasteiger partial charge in [0.25, 0.3) is 0 Å². The fraction of sp³-hybridized carbons (Fsp3) is 0.333. The first-order chi connectivity index (χ1) is 8.28. The number of alkyl halides is 3. The van der Waals surface area contributed by atoms with Gasteiger partial charge in [-0.15, -0.1) is 13.2 Å². The number of rotatable bonds is 3. The summed E-state index contributed by atoms with van der Waals surface area (Å²) >= 11 is 1.75. The predicted molar refractivity (Wildman–Crippen MR) is 62.9 cm³/mol. The summed E-state index contributed by atoms with van der Waals surface area (Å²) in [5, 5.41) is 0. The summed E-state index contributed by atoms with van der Waals surface area (Å²) < 4.78 is 44.9. The van der Waals surface area contributed by atoms with Crippen LogP contribution in [0.5, 0.6) is 5.75 Å². The molecule has 0 saturated carbocycles. The molecule has 0 aliphatic rings. The minimum atomic E-state index is -4.93. The number of hydrogen-bond donors (Lipinski definition) is 1. The first-order valence-corrected chi connectivity index (χ1v) is 5.60. The monoisotopic (exact) mass is 376 g/mol. The van der Waals surface area contributed by atoms with Gasteiger partial charge in [-0.1, -0.05) is 0 Å². The maximum absolute atomic E-state index is 12.2. The van der Waals surface area contributed by atoms with Crippen LogP contribution in [-0.2, 0) is 11.3 Å². The van der Waals surface area contributed by atoms with Crippen molar-refractivity contribution in [1.82, 2.24) is 4.98 Å². The molecule has 0 amide bonds. The molecule has 2 N–H and O–H groups in total. The van der Waals surface area contributed by atoms with Crippen molar-refractivity contribution < 1.29 is 27.4 Å². The molecule has 5 nitrogen and oxygen atoms in total. The number of methoxy groups -OCH3 is 1. The van der Waals surface area contributed by atoms with E-state index in [1.165, 1.54) is 0 Å². The standard InChI is InChI=1S/C9H8F3IN2O3/c1-17-8(16)6-5(18-9(10,11)12)2-4(3-14)7(13)15-6/h2H,3,14H2,1H3. The van der Waals surface area contributed by atoms with Crippen molar-refractivity contribution >= 4 is 28.6 Å². The summed E-state index contributed by atoms with van der Waals surface area (Å²) in [6.45, 7) is -0.0268. The molecule has 0 saturated heterocycles. The minimum Gasteiger partial charge on any atom is -0.464 e. The molecule has 0 unspecified atom stereocenters. The van der Waals surface area contributed by atoms with Crippen LogP contribution < -0.4 is 10.5 Å². The lowest BCUT2D eigenvalue weighted by Gasteiger charge is -2.13. The minimum absolute atomic E-state index is 0.0268. The van der Waals surface area contributed by atoms with Crippen LogP contribution in [0, 0.1) is 3.70 Å². The van der Waals surface area contributed by atoms with E-state index in [0.29, 0.717) is 9.26 Å². The number of nitrogens with two attached hydrogens (primary N) is 1. The average Bonchev–Trinajstić information content (AvgIpc) is 2.28. The Morgan fingerprint density at radius 1 is 1.56 bits per heavy atom. The Labute approximate surface area is 114 Å². The lowest BCUT2D eigenvalue weighted by Crippen LogP contribution is -2.21. The van der Waals surface area contributed by atoms with Crippen LogP contribution in [0.3, 0.4) is 0 Å². The zero-order valence-corrected chi connectivity index (χ0v) is 11.2. The van der Waals surface area contributed by atoms with Gasteiger partial charge in [-0.3, -0.25) is 0 Å². The van der Waals surface area contributed by atoms with Crippen molar-refractivity contribution in [1.29, 1.82) is 0 Å².